The number of anilines is 2. The molecule has 0 spiro atoms. The summed E-state index contributed by atoms with van der Waals surface area (Å²) >= 11 is 7.38. The maximum Gasteiger partial charge on any atom is 0.271 e. The Kier molecular flexibility index (Phi) is 5.83. The van der Waals surface area contributed by atoms with Gasteiger partial charge >= 0.3 is 0 Å². The predicted octanol–water partition coefficient (Wildman–Crippen LogP) is 4.11. The number of ether oxygens (including phenoxy) is 2. The fraction of sp³-hybridized carbons (Fsp3) is 0.300. The Hall–Kier alpha value is -2.51. The largest absolute Gasteiger partial charge is 0.497 e. The van der Waals surface area contributed by atoms with Gasteiger partial charge < -0.3 is 19.3 Å². The van der Waals surface area contributed by atoms with E-state index in [2.05, 4.69) is 30.7 Å². The maximum atomic E-state index is 6.21. The third-order valence-electron chi connectivity index (χ3n) is 4.78. The standard InChI is InChI=1S/C20H21ClN4O2S/c1-26-17-8-6-16(7-9-17)24-10-12-25(13-11-24)19-20(23-28-22-19)27-14-15-4-2-3-5-18(15)21/h2-9H,10-14H2,1H3. The number of hydrogen-bond donors (Lipinski definition) is 0. The van der Waals surface area contributed by atoms with Crippen molar-refractivity contribution >= 4 is 34.8 Å². The first-order chi connectivity index (χ1) is 13.7. The SMILES string of the molecule is COc1ccc(N2CCN(c3nsnc3OCc3ccccc3Cl)CC2)cc1. The molecule has 0 amide bonds. The van der Waals surface area contributed by atoms with E-state index >= 15 is 0 Å². The normalized spacial score (nSPS) is 14.2. The molecule has 1 aromatic heterocycles. The molecule has 1 aliphatic rings. The second kappa shape index (κ2) is 8.67. The van der Waals surface area contributed by atoms with Crippen LogP contribution in [0.3, 0.4) is 0 Å². The molecule has 8 heteroatoms. The third kappa shape index (κ3) is 4.15. The average Bonchev–Trinajstić information content (AvgIpc) is 3.22. The molecule has 1 saturated heterocycles. The van der Waals surface area contributed by atoms with E-state index in [0.29, 0.717) is 17.5 Å². The molecule has 0 N–H and O–H groups in total. The van der Waals surface area contributed by atoms with Crippen LogP contribution in [-0.2, 0) is 6.61 Å². The summed E-state index contributed by atoms with van der Waals surface area (Å²) in [7, 11) is 1.68. The highest BCUT2D eigenvalue weighted by Gasteiger charge is 2.23. The van der Waals surface area contributed by atoms with Gasteiger partial charge in [-0.1, -0.05) is 29.8 Å². The number of aromatic nitrogens is 2. The lowest BCUT2D eigenvalue weighted by Gasteiger charge is -2.36. The fourth-order valence-electron chi connectivity index (χ4n) is 3.19. The second-order valence-corrected chi connectivity index (χ2v) is 7.38. The van der Waals surface area contributed by atoms with Crippen molar-refractivity contribution in [1.82, 2.24) is 8.75 Å². The minimum absolute atomic E-state index is 0.379. The van der Waals surface area contributed by atoms with Gasteiger partial charge in [0, 0.05) is 42.5 Å². The predicted molar refractivity (Wildman–Crippen MR) is 113 cm³/mol. The molecule has 4 rings (SSSR count). The highest BCUT2D eigenvalue weighted by molar-refractivity contribution is 6.99. The van der Waals surface area contributed by atoms with Crippen LogP contribution in [0.25, 0.3) is 0 Å². The van der Waals surface area contributed by atoms with Crippen LogP contribution in [0.5, 0.6) is 11.6 Å². The molecule has 0 unspecified atom stereocenters. The molecule has 0 radical (unpaired) electrons. The van der Waals surface area contributed by atoms with E-state index in [1.54, 1.807) is 7.11 Å². The first kappa shape index (κ1) is 18.8. The zero-order valence-electron chi connectivity index (χ0n) is 15.5. The summed E-state index contributed by atoms with van der Waals surface area (Å²) in [5.41, 5.74) is 2.14. The smallest absolute Gasteiger partial charge is 0.271 e. The highest BCUT2D eigenvalue weighted by atomic mass is 35.5. The fourth-order valence-corrected chi connectivity index (χ4v) is 3.90. The lowest BCUT2D eigenvalue weighted by atomic mass is 10.2. The van der Waals surface area contributed by atoms with Gasteiger partial charge in [0.1, 0.15) is 12.4 Å². The Morgan fingerprint density at radius 2 is 1.68 bits per heavy atom. The molecule has 2 aromatic carbocycles. The Morgan fingerprint density at radius 3 is 2.39 bits per heavy atom. The number of halogens is 1. The lowest BCUT2D eigenvalue weighted by molar-refractivity contribution is 0.296. The zero-order chi connectivity index (χ0) is 19.3. The van der Waals surface area contributed by atoms with Gasteiger partial charge in [-0.3, -0.25) is 0 Å². The van der Waals surface area contributed by atoms with Gasteiger partial charge in [0.2, 0.25) is 5.82 Å². The van der Waals surface area contributed by atoms with Gasteiger partial charge in [-0.15, -0.1) is 4.37 Å². The molecule has 3 aromatic rings. The molecule has 28 heavy (non-hydrogen) atoms. The minimum Gasteiger partial charge on any atom is -0.497 e. The summed E-state index contributed by atoms with van der Waals surface area (Å²) in [5, 5.41) is 0.695. The minimum atomic E-state index is 0.379. The quantitative estimate of drug-likeness (QED) is 0.602. The Balaban J connectivity index is 1.37. The number of hydrogen-bond acceptors (Lipinski definition) is 7. The van der Waals surface area contributed by atoms with Crippen LogP contribution in [-0.4, -0.2) is 42.0 Å². The summed E-state index contributed by atoms with van der Waals surface area (Å²) in [6.07, 6.45) is 0. The summed E-state index contributed by atoms with van der Waals surface area (Å²) in [6.45, 7) is 3.92. The molecule has 0 saturated carbocycles. The Morgan fingerprint density at radius 1 is 0.964 bits per heavy atom. The van der Waals surface area contributed by atoms with Crippen molar-refractivity contribution in [3.8, 4) is 11.6 Å². The van der Waals surface area contributed by atoms with Crippen molar-refractivity contribution in [2.45, 2.75) is 6.61 Å². The summed E-state index contributed by atoms with van der Waals surface area (Å²) in [6, 6.07) is 15.8. The van der Waals surface area contributed by atoms with Crippen LogP contribution in [0.4, 0.5) is 11.5 Å². The van der Waals surface area contributed by atoms with E-state index in [-0.39, 0.29) is 0 Å². The van der Waals surface area contributed by atoms with Crippen molar-refractivity contribution in [2.24, 2.45) is 0 Å². The molecule has 6 nitrogen and oxygen atoms in total. The van der Waals surface area contributed by atoms with Crippen LogP contribution < -0.4 is 19.3 Å². The average molecular weight is 417 g/mol. The van der Waals surface area contributed by atoms with Gasteiger partial charge in [0.25, 0.3) is 5.88 Å². The Labute approximate surface area is 173 Å². The Bertz CT molecular complexity index is 911. The van der Waals surface area contributed by atoms with Gasteiger partial charge in [0.15, 0.2) is 0 Å². The first-order valence-electron chi connectivity index (χ1n) is 9.07. The van der Waals surface area contributed by atoms with E-state index in [1.165, 1.54) is 17.4 Å². The number of benzene rings is 2. The summed E-state index contributed by atoms with van der Waals surface area (Å²) < 4.78 is 19.9. The molecule has 2 heterocycles. The molecule has 146 valence electrons. The van der Waals surface area contributed by atoms with E-state index in [9.17, 15) is 0 Å². The summed E-state index contributed by atoms with van der Waals surface area (Å²) in [4.78, 5) is 4.59. The monoisotopic (exact) mass is 416 g/mol. The molecular formula is C20H21ClN4O2S. The van der Waals surface area contributed by atoms with E-state index in [4.69, 9.17) is 21.1 Å². The van der Waals surface area contributed by atoms with E-state index in [1.807, 2.05) is 36.4 Å². The first-order valence-corrected chi connectivity index (χ1v) is 10.2. The highest BCUT2D eigenvalue weighted by Crippen LogP contribution is 2.29. The van der Waals surface area contributed by atoms with E-state index < -0.39 is 0 Å². The molecule has 1 fully saturated rings. The maximum absolute atomic E-state index is 6.21. The van der Waals surface area contributed by atoms with Gasteiger partial charge in [-0.05, 0) is 30.3 Å². The number of rotatable bonds is 6. The zero-order valence-corrected chi connectivity index (χ0v) is 17.1. The van der Waals surface area contributed by atoms with Crippen LogP contribution in [0, 0.1) is 0 Å². The number of piperazine rings is 1. The second-order valence-electron chi connectivity index (χ2n) is 6.45. The van der Waals surface area contributed by atoms with Crippen molar-refractivity contribution in [2.75, 3.05) is 43.1 Å². The van der Waals surface area contributed by atoms with Gasteiger partial charge in [-0.25, -0.2) is 0 Å². The topological polar surface area (TPSA) is 50.7 Å². The van der Waals surface area contributed by atoms with Crippen molar-refractivity contribution < 1.29 is 9.47 Å². The molecular weight excluding hydrogens is 396 g/mol. The molecule has 0 aliphatic carbocycles. The van der Waals surface area contributed by atoms with Crippen LogP contribution >= 0.6 is 23.3 Å². The number of methoxy groups -OCH3 is 1. The van der Waals surface area contributed by atoms with Crippen LogP contribution in [0.15, 0.2) is 48.5 Å². The van der Waals surface area contributed by atoms with Crippen molar-refractivity contribution in [3.05, 3.63) is 59.1 Å². The van der Waals surface area contributed by atoms with Crippen LogP contribution in [0.2, 0.25) is 5.02 Å². The lowest BCUT2D eigenvalue weighted by Crippen LogP contribution is -2.46. The van der Waals surface area contributed by atoms with Gasteiger partial charge in [0.05, 0.1) is 18.8 Å². The van der Waals surface area contributed by atoms with Crippen molar-refractivity contribution in [3.63, 3.8) is 0 Å². The summed E-state index contributed by atoms with van der Waals surface area (Å²) in [5.74, 6) is 2.26. The molecule has 0 bridgehead atoms. The van der Waals surface area contributed by atoms with Crippen molar-refractivity contribution in [1.29, 1.82) is 0 Å². The van der Waals surface area contributed by atoms with Gasteiger partial charge in [-0.2, -0.15) is 4.37 Å². The molecule has 1 aliphatic heterocycles. The number of nitrogens with zero attached hydrogens (tertiary/aromatic N) is 4. The van der Waals surface area contributed by atoms with Crippen LogP contribution in [0.1, 0.15) is 5.56 Å². The van der Waals surface area contributed by atoms with E-state index in [0.717, 1.165) is 43.3 Å². The third-order valence-corrected chi connectivity index (χ3v) is 5.65. The molecule has 0 atom stereocenters.